The maximum absolute atomic E-state index is 12.8. The van der Waals surface area contributed by atoms with Crippen LogP contribution >= 0.6 is 23.4 Å². The van der Waals surface area contributed by atoms with Crippen LogP contribution in [0, 0.1) is 0 Å². The summed E-state index contributed by atoms with van der Waals surface area (Å²) in [5.74, 6) is 0.191. The molecule has 162 valence electrons. The van der Waals surface area contributed by atoms with Crippen molar-refractivity contribution >= 4 is 35.2 Å². The number of aromatic nitrogens is 2. The Hall–Kier alpha value is -2.77. The number of thioether (sulfide) groups is 1. The Morgan fingerprint density at radius 1 is 1.13 bits per heavy atom. The monoisotopic (exact) mass is 456 g/mol. The first-order chi connectivity index (χ1) is 15.1. The Balaban J connectivity index is 1.57. The van der Waals surface area contributed by atoms with Crippen molar-refractivity contribution in [3.8, 4) is 0 Å². The number of amides is 2. The minimum atomic E-state index is -0.628. The summed E-state index contributed by atoms with van der Waals surface area (Å²) in [4.78, 5) is 29.4. The fourth-order valence-electron chi connectivity index (χ4n) is 3.05. The van der Waals surface area contributed by atoms with Crippen LogP contribution in [0.15, 0.2) is 67.3 Å². The number of carbonyl (C=O) groups excluding carboxylic acids is 2. The summed E-state index contributed by atoms with van der Waals surface area (Å²) in [6, 6.07) is 14.2. The molecule has 1 atom stereocenters. The number of halogens is 1. The predicted octanol–water partition coefficient (Wildman–Crippen LogP) is 3.75. The highest BCUT2D eigenvalue weighted by Gasteiger charge is 2.22. The number of nitrogens with zero attached hydrogens (tertiary/aromatic N) is 2. The zero-order chi connectivity index (χ0) is 22.1. The van der Waals surface area contributed by atoms with Gasteiger partial charge >= 0.3 is 0 Å². The van der Waals surface area contributed by atoms with Gasteiger partial charge < -0.3 is 15.2 Å². The minimum Gasteiger partial charge on any atom is -0.350 e. The number of rotatable bonds is 10. The zero-order valence-corrected chi connectivity index (χ0v) is 18.8. The van der Waals surface area contributed by atoms with Gasteiger partial charge in [0.05, 0.1) is 16.9 Å². The van der Waals surface area contributed by atoms with Gasteiger partial charge in [0.2, 0.25) is 5.91 Å². The van der Waals surface area contributed by atoms with Gasteiger partial charge in [-0.25, -0.2) is 4.98 Å². The van der Waals surface area contributed by atoms with Crippen LogP contribution in [-0.2, 0) is 17.9 Å². The third kappa shape index (κ3) is 6.87. The summed E-state index contributed by atoms with van der Waals surface area (Å²) in [6.07, 6.45) is 7.95. The highest BCUT2D eigenvalue weighted by molar-refractivity contribution is 7.98. The number of hydrogen-bond acceptors (Lipinski definition) is 4. The van der Waals surface area contributed by atoms with E-state index in [9.17, 15) is 9.59 Å². The van der Waals surface area contributed by atoms with E-state index in [0.29, 0.717) is 23.6 Å². The lowest BCUT2D eigenvalue weighted by Gasteiger charge is -2.19. The Morgan fingerprint density at radius 2 is 1.87 bits per heavy atom. The van der Waals surface area contributed by atoms with Crippen LogP contribution in [-0.4, -0.2) is 39.4 Å². The van der Waals surface area contributed by atoms with E-state index in [1.54, 1.807) is 48.6 Å². The molecule has 0 radical (unpaired) electrons. The van der Waals surface area contributed by atoms with E-state index in [1.807, 2.05) is 41.3 Å². The first-order valence-electron chi connectivity index (χ1n) is 9.92. The minimum absolute atomic E-state index is 0.211. The standard InChI is InChI=1S/C23H25ClN4O2S/c1-31-13-10-21(27-22(29)19-4-2-3-5-20(19)24)23(30)26-14-17-6-8-18(9-7-17)15-28-12-11-25-16-28/h2-9,11-12,16,21H,10,13-15H2,1H3,(H,26,30)(H,27,29). The molecule has 31 heavy (non-hydrogen) atoms. The Kier molecular flexibility index (Phi) is 8.55. The lowest BCUT2D eigenvalue weighted by atomic mass is 10.1. The zero-order valence-electron chi connectivity index (χ0n) is 17.3. The molecule has 3 aromatic rings. The van der Waals surface area contributed by atoms with Gasteiger partial charge in [-0.3, -0.25) is 9.59 Å². The van der Waals surface area contributed by atoms with Gasteiger partial charge in [0.15, 0.2) is 0 Å². The van der Waals surface area contributed by atoms with Crippen LogP contribution in [0.1, 0.15) is 27.9 Å². The van der Waals surface area contributed by atoms with Gasteiger partial charge in [-0.1, -0.05) is 48.0 Å². The Morgan fingerprint density at radius 3 is 2.55 bits per heavy atom. The van der Waals surface area contributed by atoms with Crippen LogP contribution in [0.2, 0.25) is 5.02 Å². The van der Waals surface area contributed by atoms with Crippen molar-refractivity contribution in [3.05, 3.63) is 89.0 Å². The van der Waals surface area contributed by atoms with Crippen LogP contribution < -0.4 is 10.6 Å². The van der Waals surface area contributed by atoms with E-state index < -0.39 is 6.04 Å². The van der Waals surface area contributed by atoms with Gasteiger partial charge in [0.25, 0.3) is 5.91 Å². The largest absolute Gasteiger partial charge is 0.350 e. The summed E-state index contributed by atoms with van der Waals surface area (Å²) in [5.41, 5.74) is 2.50. The van der Waals surface area contributed by atoms with E-state index in [0.717, 1.165) is 23.4 Å². The van der Waals surface area contributed by atoms with Crippen molar-refractivity contribution in [1.82, 2.24) is 20.2 Å². The van der Waals surface area contributed by atoms with Gasteiger partial charge in [-0.15, -0.1) is 0 Å². The molecule has 3 rings (SSSR count). The molecule has 0 saturated carbocycles. The molecule has 8 heteroatoms. The first kappa shape index (κ1) is 22.9. The molecule has 0 aliphatic heterocycles. The highest BCUT2D eigenvalue weighted by Crippen LogP contribution is 2.15. The third-order valence-electron chi connectivity index (χ3n) is 4.77. The second-order valence-electron chi connectivity index (χ2n) is 7.06. The molecule has 0 aliphatic rings. The number of hydrogen-bond donors (Lipinski definition) is 2. The number of benzene rings is 2. The number of nitrogens with one attached hydrogen (secondary N) is 2. The van der Waals surface area contributed by atoms with Gasteiger partial charge in [0, 0.05) is 25.5 Å². The van der Waals surface area contributed by atoms with E-state index in [1.165, 1.54) is 0 Å². The highest BCUT2D eigenvalue weighted by atomic mass is 35.5. The Labute approximate surface area is 191 Å². The van der Waals surface area contributed by atoms with Crippen molar-refractivity contribution in [2.24, 2.45) is 0 Å². The molecular formula is C23H25ClN4O2S. The van der Waals surface area contributed by atoms with Gasteiger partial charge in [-0.05, 0) is 41.7 Å². The molecule has 0 bridgehead atoms. The lowest BCUT2D eigenvalue weighted by molar-refractivity contribution is -0.123. The number of imidazole rings is 1. The van der Waals surface area contributed by atoms with Crippen LogP contribution in [0.25, 0.3) is 0 Å². The summed E-state index contributed by atoms with van der Waals surface area (Å²) >= 11 is 7.74. The predicted molar refractivity (Wildman–Crippen MR) is 125 cm³/mol. The average Bonchev–Trinajstić information content (AvgIpc) is 3.29. The van der Waals surface area contributed by atoms with Crippen LogP contribution in [0.4, 0.5) is 0 Å². The molecule has 1 aromatic heterocycles. The molecule has 1 unspecified atom stereocenters. The molecule has 0 spiro atoms. The second-order valence-corrected chi connectivity index (χ2v) is 8.45. The topological polar surface area (TPSA) is 76.0 Å². The molecule has 2 amide bonds. The van der Waals surface area contributed by atoms with Gasteiger partial charge in [0.1, 0.15) is 6.04 Å². The molecular weight excluding hydrogens is 432 g/mol. The van der Waals surface area contributed by atoms with E-state index >= 15 is 0 Å². The van der Waals surface area contributed by atoms with Gasteiger partial charge in [-0.2, -0.15) is 11.8 Å². The Bertz CT molecular complexity index is 993. The van der Waals surface area contributed by atoms with Crippen molar-refractivity contribution in [1.29, 1.82) is 0 Å². The van der Waals surface area contributed by atoms with Crippen LogP contribution in [0.5, 0.6) is 0 Å². The normalized spacial score (nSPS) is 11.7. The second kappa shape index (κ2) is 11.6. The molecule has 0 saturated heterocycles. The molecule has 1 heterocycles. The summed E-state index contributed by atoms with van der Waals surface area (Å²) in [7, 11) is 0. The quantitative estimate of drug-likeness (QED) is 0.487. The maximum atomic E-state index is 12.8. The maximum Gasteiger partial charge on any atom is 0.253 e. The fraction of sp³-hybridized carbons (Fsp3) is 0.261. The lowest BCUT2D eigenvalue weighted by Crippen LogP contribution is -2.47. The van der Waals surface area contributed by atoms with Crippen molar-refractivity contribution in [2.45, 2.75) is 25.6 Å². The molecule has 2 N–H and O–H groups in total. The summed E-state index contributed by atoms with van der Waals surface area (Å²) in [6.45, 7) is 1.14. The molecule has 0 fully saturated rings. The summed E-state index contributed by atoms with van der Waals surface area (Å²) < 4.78 is 1.99. The fourth-order valence-corrected chi connectivity index (χ4v) is 3.74. The molecule has 6 nitrogen and oxygen atoms in total. The molecule has 2 aromatic carbocycles. The van der Waals surface area contributed by atoms with E-state index in [4.69, 9.17) is 11.6 Å². The smallest absolute Gasteiger partial charge is 0.253 e. The summed E-state index contributed by atoms with van der Waals surface area (Å²) in [5, 5.41) is 6.12. The third-order valence-corrected chi connectivity index (χ3v) is 5.74. The van der Waals surface area contributed by atoms with Crippen molar-refractivity contribution in [3.63, 3.8) is 0 Å². The SMILES string of the molecule is CSCCC(NC(=O)c1ccccc1Cl)C(=O)NCc1ccc(Cn2ccnc2)cc1. The first-order valence-corrected chi connectivity index (χ1v) is 11.7. The molecule has 0 aliphatic carbocycles. The van der Waals surface area contributed by atoms with Crippen molar-refractivity contribution < 1.29 is 9.59 Å². The number of carbonyl (C=O) groups is 2. The van der Waals surface area contributed by atoms with E-state index in [-0.39, 0.29) is 11.8 Å². The average molecular weight is 457 g/mol. The van der Waals surface area contributed by atoms with Crippen molar-refractivity contribution in [2.75, 3.05) is 12.0 Å². The van der Waals surface area contributed by atoms with E-state index in [2.05, 4.69) is 15.6 Å². The van der Waals surface area contributed by atoms with Crippen LogP contribution in [0.3, 0.4) is 0 Å².